The highest BCUT2D eigenvalue weighted by Crippen LogP contribution is 2.28. The van der Waals surface area contributed by atoms with Gasteiger partial charge >= 0.3 is 0 Å². The zero-order valence-corrected chi connectivity index (χ0v) is 10.4. The number of piperidine rings is 1. The molecule has 2 N–H and O–H groups in total. The van der Waals surface area contributed by atoms with Crippen LogP contribution in [-0.4, -0.2) is 29.4 Å². The van der Waals surface area contributed by atoms with E-state index in [0.29, 0.717) is 0 Å². The molecule has 1 aliphatic rings. The number of anilines is 1. The molecule has 0 aliphatic carbocycles. The van der Waals surface area contributed by atoms with Crippen LogP contribution in [0, 0.1) is 6.92 Å². The number of nitrogens with zero attached hydrogens (tertiary/aromatic N) is 1. The summed E-state index contributed by atoms with van der Waals surface area (Å²) in [5, 5.41) is 18.9. The summed E-state index contributed by atoms with van der Waals surface area (Å²) in [6.07, 6.45) is 3.38. The van der Waals surface area contributed by atoms with Gasteiger partial charge < -0.3 is 15.1 Å². The Bertz CT molecular complexity index is 378. The van der Waals surface area contributed by atoms with E-state index >= 15 is 0 Å². The molecule has 1 aliphatic heterocycles. The van der Waals surface area contributed by atoms with Crippen LogP contribution in [0.15, 0.2) is 18.2 Å². The molecule has 0 aromatic heterocycles. The molecule has 94 valence electrons. The van der Waals surface area contributed by atoms with Crippen LogP contribution >= 0.6 is 0 Å². The molecular weight excluding hydrogens is 214 g/mol. The summed E-state index contributed by atoms with van der Waals surface area (Å²) < 4.78 is 0. The molecule has 1 fully saturated rings. The molecule has 3 nitrogen and oxygen atoms in total. The summed E-state index contributed by atoms with van der Waals surface area (Å²) in [4.78, 5) is 2.24. The highest BCUT2D eigenvalue weighted by Gasteiger charge is 2.23. The fourth-order valence-electron chi connectivity index (χ4n) is 2.63. The highest BCUT2D eigenvalue weighted by molar-refractivity contribution is 5.55. The minimum absolute atomic E-state index is 0.0612. The molecule has 0 saturated carbocycles. The van der Waals surface area contributed by atoms with Gasteiger partial charge in [0.05, 0.1) is 19.3 Å². The molecule has 2 rings (SSSR count). The van der Waals surface area contributed by atoms with Gasteiger partial charge in [0, 0.05) is 17.8 Å². The van der Waals surface area contributed by atoms with Crippen LogP contribution < -0.4 is 4.90 Å². The largest absolute Gasteiger partial charge is 0.394 e. The van der Waals surface area contributed by atoms with Crippen molar-refractivity contribution in [2.75, 3.05) is 18.1 Å². The van der Waals surface area contributed by atoms with Gasteiger partial charge in [0.25, 0.3) is 0 Å². The molecule has 1 heterocycles. The summed E-state index contributed by atoms with van der Waals surface area (Å²) in [7, 11) is 0. The van der Waals surface area contributed by atoms with Gasteiger partial charge in [0.2, 0.25) is 0 Å². The van der Waals surface area contributed by atoms with E-state index in [1.54, 1.807) is 0 Å². The molecule has 0 spiro atoms. The fraction of sp³-hybridized carbons (Fsp3) is 0.571. The molecule has 0 radical (unpaired) electrons. The van der Waals surface area contributed by atoms with E-state index in [1.807, 2.05) is 13.0 Å². The molecule has 3 heteroatoms. The number of benzene rings is 1. The normalized spacial score (nSPS) is 20.6. The van der Waals surface area contributed by atoms with Crippen molar-refractivity contribution in [1.82, 2.24) is 0 Å². The van der Waals surface area contributed by atoms with Crippen LogP contribution in [0.4, 0.5) is 5.69 Å². The van der Waals surface area contributed by atoms with E-state index in [9.17, 15) is 10.2 Å². The Morgan fingerprint density at radius 1 is 1.29 bits per heavy atom. The van der Waals surface area contributed by atoms with Gasteiger partial charge in [-0.2, -0.15) is 0 Å². The lowest BCUT2D eigenvalue weighted by Gasteiger charge is -2.37. The number of aliphatic hydroxyl groups excluding tert-OH is 2. The van der Waals surface area contributed by atoms with E-state index in [0.717, 1.165) is 36.2 Å². The molecule has 1 aromatic rings. The summed E-state index contributed by atoms with van der Waals surface area (Å²) in [6.45, 7) is 3.26. The van der Waals surface area contributed by atoms with E-state index in [4.69, 9.17) is 0 Å². The molecule has 17 heavy (non-hydrogen) atoms. The number of aliphatic hydroxyl groups is 2. The molecule has 1 aromatic carbocycles. The summed E-state index contributed by atoms with van der Waals surface area (Å²) in [5.41, 5.74) is 3.21. The number of hydrogen-bond acceptors (Lipinski definition) is 3. The van der Waals surface area contributed by atoms with Crippen LogP contribution in [0.5, 0.6) is 0 Å². The SMILES string of the molecule is Cc1ccc(N2CCCCC2CO)c(CO)c1. The minimum Gasteiger partial charge on any atom is -0.394 e. The van der Waals surface area contributed by atoms with Crippen LogP contribution in [-0.2, 0) is 6.61 Å². The van der Waals surface area contributed by atoms with Crippen LogP contribution in [0.3, 0.4) is 0 Å². The van der Waals surface area contributed by atoms with Crippen molar-refractivity contribution >= 4 is 5.69 Å². The maximum absolute atomic E-state index is 9.44. The fourth-order valence-corrected chi connectivity index (χ4v) is 2.63. The molecule has 0 amide bonds. The monoisotopic (exact) mass is 235 g/mol. The van der Waals surface area contributed by atoms with Gasteiger partial charge in [0.15, 0.2) is 0 Å². The highest BCUT2D eigenvalue weighted by atomic mass is 16.3. The Labute approximate surface area is 103 Å². The Balaban J connectivity index is 2.30. The predicted octanol–water partition coefficient (Wildman–Crippen LogP) is 1.84. The third-order valence-corrected chi connectivity index (χ3v) is 3.55. The first-order chi connectivity index (χ1) is 8.26. The van der Waals surface area contributed by atoms with E-state index in [-0.39, 0.29) is 19.3 Å². The average molecular weight is 235 g/mol. The maximum Gasteiger partial charge on any atom is 0.0702 e. The van der Waals surface area contributed by atoms with Crippen molar-refractivity contribution in [3.8, 4) is 0 Å². The van der Waals surface area contributed by atoms with Crippen molar-refractivity contribution in [2.45, 2.75) is 38.8 Å². The third kappa shape index (κ3) is 2.61. The van der Waals surface area contributed by atoms with Crippen molar-refractivity contribution < 1.29 is 10.2 Å². The first-order valence-corrected chi connectivity index (χ1v) is 6.34. The van der Waals surface area contributed by atoms with Gasteiger partial charge in [-0.15, -0.1) is 0 Å². The van der Waals surface area contributed by atoms with Gasteiger partial charge in [0.1, 0.15) is 0 Å². The van der Waals surface area contributed by atoms with Crippen molar-refractivity contribution in [3.63, 3.8) is 0 Å². The Morgan fingerprint density at radius 2 is 2.12 bits per heavy atom. The van der Waals surface area contributed by atoms with Crippen molar-refractivity contribution in [3.05, 3.63) is 29.3 Å². The molecular formula is C14H21NO2. The number of aryl methyl sites for hydroxylation is 1. The molecule has 1 atom stereocenters. The molecule has 1 saturated heterocycles. The Hall–Kier alpha value is -1.06. The zero-order valence-electron chi connectivity index (χ0n) is 10.4. The first kappa shape index (κ1) is 12.4. The van der Waals surface area contributed by atoms with Gasteiger partial charge in [-0.25, -0.2) is 0 Å². The Morgan fingerprint density at radius 3 is 2.82 bits per heavy atom. The van der Waals surface area contributed by atoms with Crippen LogP contribution in [0.2, 0.25) is 0 Å². The Kier molecular flexibility index (Phi) is 4.02. The second-order valence-corrected chi connectivity index (χ2v) is 4.82. The van der Waals surface area contributed by atoms with Gasteiger partial charge in [-0.3, -0.25) is 0 Å². The maximum atomic E-state index is 9.44. The smallest absolute Gasteiger partial charge is 0.0702 e. The zero-order chi connectivity index (χ0) is 12.3. The minimum atomic E-state index is 0.0612. The first-order valence-electron chi connectivity index (χ1n) is 6.34. The summed E-state index contributed by atoms with van der Waals surface area (Å²) in [5.74, 6) is 0. The number of hydrogen-bond donors (Lipinski definition) is 2. The van der Waals surface area contributed by atoms with Gasteiger partial charge in [-0.05, 0) is 32.3 Å². The topological polar surface area (TPSA) is 43.7 Å². The second-order valence-electron chi connectivity index (χ2n) is 4.82. The second kappa shape index (κ2) is 5.52. The summed E-state index contributed by atoms with van der Waals surface area (Å²) >= 11 is 0. The van der Waals surface area contributed by atoms with Crippen LogP contribution in [0.1, 0.15) is 30.4 Å². The lowest BCUT2D eigenvalue weighted by atomic mass is 9.99. The van der Waals surface area contributed by atoms with Crippen molar-refractivity contribution in [2.24, 2.45) is 0 Å². The van der Waals surface area contributed by atoms with Gasteiger partial charge in [-0.1, -0.05) is 17.7 Å². The standard InChI is InChI=1S/C14H21NO2/c1-11-5-6-14(12(8-11)9-16)15-7-3-2-4-13(15)10-17/h5-6,8,13,16-17H,2-4,7,9-10H2,1H3. The van der Waals surface area contributed by atoms with Crippen molar-refractivity contribution in [1.29, 1.82) is 0 Å². The third-order valence-electron chi connectivity index (χ3n) is 3.55. The lowest BCUT2D eigenvalue weighted by molar-refractivity contribution is 0.238. The van der Waals surface area contributed by atoms with E-state index in [1.165, 1.54) is 6.42 Å². The summed E-state index contributed by atoms with van der Waals surface area (Å²) in [6, 6.07) is 6.36. The molecule has 0 bridgehead atoms. The van der Waals surface area contributed by atoms with Crippen LogP contribution in [0.25, 0.3) is 0 Å². The molecule has 1 unspecified atom stereocenters. The number of rotatable bonds is 3. The predicted molar refractivity (Wildman–Crippen MR) is 69.2 cm³/mol. The lowest BCUT2D eigenvalue weighted by Crippen LogP contribution is -2.42. The van der Waals surface area contributed by atoms with E-state index < -0.39 is 0 Å². The quantitative estimate of drug-likeness (QED) is 0.840. The average Bonchev–Trinajstić information content (AvgIpc) is 2.38. The van der Waals surface area contributed by atoms with E-state index in [2.05, 4.69) is 17.0 Å².